The van der Waals surface area contributed by atoms with E-state index in [9.17, 15) is 18.8 Å². The summed E-state index contributed by atoms with van der Waals surface area (Å²) in [5.74, 6) is -2.00. The number of ether oxygens (including phenoxy) is 1. The molecule has 5 N–H and O–H groups in total. The molecule has 2 aromatic rings. The molecule has 3 rings (SSSR count). The fraction of sp³-hybridized carbons (Fsp3) is 0.333. The molecule has 0 bridgehead atoms. The Hall–Kier alpha value is -2.92. The zero-order valence-electron chi connectivity index (χ0n) is 15.4. The highest BCUT2D eigenvalue weighted by Crippen LogP contribution is 2.18. The molecular weight excluding hydrogens is 401 g/mol. The van der Waals surface area contributed by atoms with Crippen molar-refractivity contribution in [1.82, 2.24) is 15.3 Å². The van der Waals surface area contributed by atoms with Gasteiger partial charge in [0, 0.05) is 13.2 Å². The zero-order valence-corrected chi connectivity index (χ0v) is 16.2. The molecule has 154 valence electrons. The number of hydrogen-bond acceptors (Lipinski definition) is 7. The number of carbonyl (C=O) groups is 2. The second kappa shape index (κ2) is 9.52. The van der Waals surface area contributed by atoms with Gasteiger partial charge >= 0.3 is 0 Å². The number of anilines is 2. The first-order valence-electron chi connectivity index (χ1n) is 8.91. The largest absolute Gasteiger partial charge is 0.382 e. The monoisotopic (exact) mass is 421 g/mol. The van der Waals surface area contributed by atoms with Crippen LogP contribution in [0.15, 0.2) is 34.2 Å². The highest BCUT2D eigenvalue weighted by atomic mass is 32.2. The normalized spacial score (nSPS) is 15.8. The molecule has 1 fully saturated rings. The molecule has 0 unspecified atom stereocenters. The van der Waals surface area contributed by atoms with E-state index in [0.29, 0.717) is 13.2 Å². The lowest BCUT2D eigenvalue weighted by Crippen LogP contribution is -2.33. The van der Waals surface area contributed by atoms with Crippen LogP contribution in [0.1, 0.15) is 23.2 Å². The highest BCUT2D eigenvalue weighted by molar-refractivity contribution is 7.99. The van der Waals surface area contributed by atoms with Crippen LogP contribution in [0, 0.1) is 5.82 Å². The number of nitrogen functional groups attached to an aromatic ring is 1. The number of H-pyrrole nitrogens is 1. The van der Waals surface area contributed by atoms with Gasteiger partial charge in [0.25, 0.3) is 11.5 Å². The molecule has 0 radical (unpaired) electrons. The number of nitrogens with zero attached hydrogens (tertiary/aromatic N) is 1. The molecule has 0 aliphatic carbocycles. The minimum absolute atomic E-state index is 0.0238. The van der Waals surface area contributed by atoms with Gasteiger partial charge in [-0.15, -0.1) is 0 Å². The van der Waals surface area contributed by atoms with Crippen molar-refractivity contribution in [2.24, 2.45) is 0 Å². The Balaban J connectivity index is 1.58. The molecule has 1 atom stereocenters. The van der Waals surface area contributed by atoms with Gasteiger partial charge in [0.1, 0.15) is 11.5 Å². The number of nitrogens with two attached hydrogens (primary N) is 1. The van der Waals surface area contributed by atoms with E-state index < -0.39 is 17.3 Å². The zero-order chi connectivity index (χ0) is 20.8. The number of amides is 2. The summed E-state index contributed by atoms with van der Waals surface area (Å²) in [4.78, 5) is 42.7. The third kappa shape index (κ3) is 5.55. The Morgan fingerprint density at radius 1 is 1.38 bits per heavy atom. The summed E-state index contributed by atoms with van der Waals surface area (Å²) in [5, 5.41) is 5.15. The first-order chi connectivity index (χ1) is 13.9. The first kappa shape index (κ1) is 20.8. The number of rotatable bonds is 7. The van der Waals surface area contributed by atoms with E-state index in [1.807, 2.05) is 0 Å². The number of benzene rings is 1. The summed E-state index contributed by atoms with van der Waals surface area (Å²) < 4.78 is 19.1. The van der Waals surface area contributed by atoms with Gasteiger partial charge in [-0.3, -0.25) is 19.4 Å². The Kier molecular flexibility index (Phi) is 6.83. The van der Waals surface area contributed by atoms with E-state index in [4.69, 9.17) is 10.5 Å². The second-order valence-corrected chi connectivity index (χ2v) is 7.26. The molecular formula is C18H20FN5O4S. The van der Waals surface area contributed by atoms with Gasteiger partial charge in [-0.25, -0.2) is 9.37 Å². The minimum Gasteiger partial charge on any atom is -0.382 e. The topological polar surface area (TPSA) is 139 Å². The summed E-state index contributed by atoms with van der Waals surface area (Å²) in [6.45, 7) is 1.14. The lowest BCUT2D eigenvalue weighted by molar-refractivity contribution is -0.119. The summed E-state index contributed by atoms with van der Waals surface area (Å²) >= 11 is 0.994. The van der Waals surface area contributed by atoms with Crippen LogP contribution in [0.2, 0.25) is 0 Å². The van der Waals surface area contributed by atoms with E-state index in [1.54, 1.807) is 0 Å². The maximum absolute atomic E-state index is 13.7. The van der Waals surface area contributed by atoms with Gasteiger partial charge in [0.05, 0.1) is 17.4 Å². The predicted octanol–water partition coefficient (Wildman–Crippen LogP) is 1.13. The lowest BCUT2D eigenvalue weighted by atomic mass is 10.2. The third-order valence-electron chi connectivity index (χ3n) is 4.17. The maximum atomic E-state index is 13.7. The number of nitrogens with one attached hydrogen (secondary N) is 3. The lowest BCUT2D eigenvalue weighted by Gasteiger charge is -2.11. The van der Waals surface area contributed by atoms with Gasteiger partial charge in [-0.05, 0) is 25.0 Å². The summed E-state index contributed by atoms with van der Waals surface area (Å²) in [6, 6.07) is 5.34. The van der Waals surface area contributed by atoms with E-state index in [-0.39, 0.29) is 40.0 Å². The number of carbonyl (C=O) groups excluding carboxylic acids is 2. The van der Waals surface area contributed by atoms with Gasteiger partial charge < -0.3 is 21.1 Å². The van der Waals surface area contributed by atoms with Crippen molar-refractivity contribution in [2.45, 2.75) is 24.1 Å². The van der Waals surface area contributed by atoms with Gasteiger partial charge in [-0.1, -0.05) is 23.9 Å². The molecule has 1 aliphatic rings. The number of aromatic nitrogens is 2. The molecule has 1 aliphatic heterocycles. The van der Waals surface area contributed by atoms with Crippen LogP contribution in [-0.2, 0) is 9.53 Å². The molecule has 29 heavy (non-hydrogen) atoms. The Morgan fingerprint density at radius 2 is 2.17 bits per heavy atom. The molecule has 1 aromatic carbocycles. The maximum Gasteiger partial charge on any atom is 0.277 e. The number of halogens is 1. The fourth-order valence-corrected chi connectivity index (χ4v) is 3.40. The molecule has 2 heterocycles. The standard InChI is InChI=1S/C18H20FN5O4S/c19-12-6-2-1-5-11(12)16(26)22-14-15(20)23-18(24-17(14)27)29-9-13(25)21-8-10-4-3-7-28-10/h1-2,5-6,10H,3-4,7-9H2,(H,21,25)(H,22,26)(H3,20,23,24,27)/t10-/m1/s1. The van der Waals surface area contributed by atoms with Crippen LogP contribution in [0.3, 0.4) is 0 Å². The van der Waals surface area contributed by atoms with Gasteiger partial charge in [0.15, 0.2) is 11.0 Å². The molecule has 0 saturated carbocycles. The van der Waals surface area contributed by atoms with Crippen molar-refractivity contribution in [3.8, 4) is 0 Å². The molecule has 1 saturated heterocycles. The van der Waals surface area contributed by atoms with Crippen molar-refractivity contribution in [3.05, 3.63) is 46.0 Å². The van der Waals surface area contributed by atoms with E-state index >= 15 is 0 Å². The van der Waals surface area contributed by atoms with Gasteiger partial charge in [0.2, 0.25) is 5.91 Å². The molecule has 11 heteroatoms. The van der Waals surface area contributed by atoms with Crippen molar-refractivity contribution in [2.75, 3.05) is 30.0 Å². The van der Waals surface area contributed by atoms with Crippen LogP contribution < -0.4 is 21.9 Å². The quantitative estimate of drug-likeness (QED) is 0.388. The molecule has 0 spiro atoms. The van der Waals surface area contributed by atoms with Gasteiger partial charge in [-0.2, -0.15) is 0 Å². The Labute approximate surface area is 169 Å². The third-order valence-corrected chi connectivity index (χ3v) is 5.05. The average molecular weight is 421 g/mol. The number of thioether (sulfide) groups is 1. The average Bonchev–Trinajstić information content (AvgIpc) is 3.21. The molecule has 2 amide bonds. The smallest absolute Gasteiger partial charge is 0.277 e. The van der Waals surface area contributed by atoms with Crippen molar-refractivity contribution in [1.29, 1.82) is 0 Å². The Bertz CT molecular complexity index is 962. The highest BCUT2D eigenvalue weighted by Gasteiger charge is 2.18. The number of hydrogen-bond donors (Lipinski definition) is 4. The SMILES string of the molecule is Nc1nc(SCC(=O)NC[C@H]2CCCO2)[nH]c(=O)c1NC(=O)c1ccccc1F. The Morgan fingerprint density at radius 3 is 2.86 bits per heavy atom. The predicted molar refractivity (Wildman–Crippen MR) is 106 cm³/mol. The molecule has 9 nitrogen and oxygen atoms in total. The summed E-state index contributed by atoms with van der Waals surface area (Å²) in [5.41, 5.74) is 4.54. The van der Waals surface area contributed by atoms with Crippen molar-refractivity contribution in [3.63, 3.8) is 0 Å². The van der Waals surface area contributed by atoms with Crippen LogP contribution >= 0.6 is 11.8 Å². The second-order valence-electron chi connectivity index (χ2n) is 6.29. The van der Waals surface area contributed by atoms with Crippen LogP contribution in [-0.4, -0.2) is 46.8 Å². The van der Waals surface area contributed by atoms with Crippen LogP contribution in [0.5, 0.6) is 0 Å². The van der Waals surface area contributed by atoms with Crippen LogP contribution in [0.25, 0.3) is 0 Å². The fourth-order valence-electron chi connectivity index (χ4n) is 2.70. The van der Waals surface area contributed by atoms with Crippen molar-refractivity contribution < 1.29 is 18.7 Å². The first-order valence-corrected chi connectivity index (χ1v) is 9.89. The van der Waals surface area contributed by atoms with Crippen molar-refractivity contribution >= 4 is 35.1 Å². The summed E-state index contributed by atoms with van der Waals surface area (Å²) in [6.07, 6.45) is 1.94. The molecule has 1 aromatic heterocycles. The van der Waals surface area contributed by atoms with E-state index in [2.05, 4.69) is 20.6 Å². The van der Waals surface area contributed by atoms with E-state index in [1.165, 1.54) is 18.2 Å². The summed E-state index contributed by atoms with van der Waals surface area (Å²) in [7, 11) is 0. The van der Waals surface area contributed by atoms with Crippen LogP contribution in [0.4, 0.5) is 15.9 Å². The number of aromatic amines is 1. The van der Waals surface area contributed by atoms with E-state index in [0.717, 1.165) is 30.7 Å². The minimum atomic E-state index is -0.823.